The summed E-state index contributed by atoms with van der Waals surface area (Å²) in [5.41, 5.74) is 12.2. The largest absolute Gasteiger partial charge is 0.384 e. The molecule has 1 rings (SSSR count). The van der Waals surface area contributed by atoms with Gasteiger partial charge in [0.05, 0.1) is 12.2 Å². The zero-order valence-corrected chi connectivity index (χ0v) is 7.83. The number of hydrogen-bond acceptors (Lipinski definition) is 3. The molecule has 0 spiro atoms. The number of nitrogens with zero attached hydrogens (tertiary/aromatic N) is 2. The minimum absolute atomic E-state index is 0.271. The van der Waals surface area contributed by atoms with Crippen molar-refractivity contribution in [3.05, 3.63) is 11.8 Å². The topological polar surface area (TPSA) is 69.9 Å². The van der Waals surface area contributed by atoms with Crippen molar-refractivity contribution in [1.82, 2.24) is 9.78 Å². The van der Waals surface area contributed by atoms with E-state index in [1.165, 1.54) is 0 Å². The highest BCUT2D eigenvalue weighted by Crippen LogP contribution is 2.09. The van der Waals surface area contributed by atoms with Gasteiger partial charge in [-0.05, 0) is 20.8 Å². The molecule has 4 nitrogen and oxygen atoms in total. The summed E-state index contributed by atoms with van der Waals surface area (Å²) < 4.78 is 1.73. The van der Waals surface area contributed by atoms with E-state index in [0.29, 0.717) is 12.4 Å². The van der Waals surface area contributed by atoms with Gasteiger partial charge in [0.15, 0.2) is 0 Å². The molecule has 0 aliphatic heterocycles. The average molecular weight is 168 g/mol. The number of anilines is 1. The Bertz CT molecular complexity index is 269. The predicted molar refractivity (Wildman–Crippen MR) is 49.6 cm³/mol. The molecule has 0 fully saturated rings. The Morgan fingerprint density at radius 1 is 1.58 bits per heavy atom. The number of nitrogen functional groups attached to an aromatic ring is 1. The molecule has 0 aliphatic rings. The van der Waals surface area contributed by atoms with E-state index in [1.807, 2.05) is 26.8 Å². The lowest BCUT2D eigenvalue weighted by Gasteiger charge is -2.18. The minimum Gasteiger partial charge on any atom is -0.384 e. The summed E-state index contributed by atoms with van der Waals surface area (Å²) in [7, 11) is 0. The van der Waals surface area contributed by atoms with Gasteiger partial charge in [-0.2, -0.15) is 5.10 Å². The van der Waals surface area contributed by atoms with Gasteiger partial charge in [-0.25, -0.2) is 4.68 Å². The molecular weight excluding hydrogens is 152 g/mol. The van der Waals surface area contributed by atoms with Gasteiger partial charge in [-0.1, -0.05) is 0 Å². The summed E-state index contributed by atoms with van der Waals surface area (Å²) in [5.74, 6) is 0.672. The van der Waals surface area contributed by atoms with Gasteiger partial charge in [-0.3, -0.25) is 0 Å². The van der Waals surface area contributed by atoms with Gasteiger partial charge in [-0.15, -0.1) is 0 Å². The van der Waals surface area contributed by atoms with Crippen LogP contribution in [0.1, 0.15) is 19.5 Å². The molecule has 4 heteroatoms. The Morgan fingerprint density at radius 2 is 2.17 bits per heavy atom. The van der Waals surface area contributed by atoms with Crippen LogP contribution in [0.2, 0.25) is 0 Å². The second kappa shape index (κ2) is 2.79. The number of rotatable bonds is 2. The van der Waals surface area contributed by atoms with Crippen LogP contribution in [0.15, 0.2) is 6.07 Å². The second-order valence-electron chi connectivity index (χ2n) is 3.86. The summed E-state index contributed by atoms with van der Waals surface area (Å²) >= 11 is 0. The van der Waals surface area contributed by atoms with E-state index in [4.69, 9.17) is 11.5 Å². The quantitative estimate of drug-likeness (QED) is 0.676. The summed E-state index contributed by atoms with van der Waals surface area (Å²) in [6, 6.07) is 1.84. The molecule has 4 N–H and O–H groups in total. The fourth-order valence-corrected chi connectivity index (χ4v) is 1.08. The maximum absolute atomic E-state index is 5.83. The molecule has 0 aliphatic carbocycles. The van der Waals surface area contributed by atoms with Gasteiger partial charge in [0.25, 0.3) is 0 Å². The summed E-state index contributed by atoms with van der Waals surface area (Å²) in [5, 5.41) is 4.21. The highest BCUT2D eigenvalue weighted by atomic mass is 15.3. The highest BCUT2D eigenvalue weighted by Gasteiger charge is 2.13. The average Bonchev–Trinajstić information content (AvgIpc) is 2.06. The molecule has 0 unspecified atom stereocenters. The van der Waals surface area contributed by atoms with Crippen LogP contribution < -0.4 is 11.5 Å². The first-order valence-corrected chi connectivity index (χ1v) is 3.97. The monoisotopic (exact) mass is 168 g/mol. The van der Waals surface area contributed by atoms with Crippen molar-refractivity contribution in [2.45, 2.75) is 32.9 Å². The zero-order chi connectivity index (χ0) is 9.35. The van der Waals surface area contributed by atoms with Crippen LogP contribution >= 0.6 is 0 Å². The Morgan fingerprint density at radius 3 is 2.50 bits per heavy atom. The molecule has 68 valence electrons. The van der Waals surface area contributed by atoms with Crippen molar-refractivity contribution in [3.8, 4) is 0 Å². The van der Waals surface area contributed by atoms with Crippen LogP contribution in [0.3, 0.4) is 0 Å². The normalized spacial score (nSPS) is 12.0. The molecule has 0 saturated carbocycles. The lowest BCUT2D eigenvalue weighted by molar-refractivity contribution is 0.411. The Labute approximate surface area is 72.5 Å². The minimum atomic E-state index is -0.271. The summed E-state index contributed by atoms with van der Waals surface area (Å²) in [4.78, 5) is 0. The third-order valence-electron chi connectivity index (χ3n) is 1.49. The maximum atomic E-state index is 5.83. The van der Waals surface area contributed by atoms with E-state index in [0.717, 1.165) is 5.69 Å². The molecule has 1 heterocycles. The van der Waals surface area contributed by atoms with Crippen LogP contribution in [-0.4, -0.2) is 15.3 Å². The number of aromatic nitrogens is 2. The third-order valence-corrected chi connectivity index (χ3v) is 1.49. The Balaban J connectivity index is 2.82. The van der Waals surface area contributed by atoms with Crippen molar-refractivity contribution in [3.63, 3.8) is 0 Å². The molecule has 0 bridgehead atoms. The second-order valence-corrected chi connectivity index (χ2v) is 3.86. The third kappa shape index (κ3) is 2.23. The molecule has 0 saturated heterocycles. The number of aryl methyl sites for hydroxylation is 1. The molecule has 0 atom stereocenters. The van der Waals surface area contributed by atoms with E-state index in [2.05, 4.69) is 5.10 Å². The molecule has 0 radical (unpaired) electrons. The van der Waals surface area contributed by atoms with E-state index in [-0.39, 0.29) is 5.54 Å². The lowest BCUT2D eigenvalue weighted by atomic mass is 10.1. The van der Waals surface area contributed by atoms with Crippen LogP contribution in [0.4, 0.5) is 5.82 Å². The Kier molecular flexibility index (Phi) is 2.10. The van der Waals surface area contributed by atoms with Crippen LogP contribution in [-0.2, 0) is 6.54 Å². The fourth-order valence-electron chi connectivity index (χ4n) is 1.08. The first-order chi connectivity index (χ1) is 5.38. The van der Waals surface area contributed by atoms with Crippen LogP contribution in [0.25, 0.3) is 0 Å². The standard InChI is InChI=1S/C8H16N4/c1-6-4-7(9)12(11-6)5-8(2,3)10/h4H,5,9-10H2,1-3H3. The van der Waals surface area contributed by atoms with E-state index in [1.54, 1.807) is 4.68 Å². The lowest BCUT2D eigenvalue weighted by Crippen LogP contribution is -2.37. The molecule has 0 amide bonds. The molecule has 1 aromatic rings. The summed E-state index contributed by atoms with van der Waals surface area (Å²) in [6.45, 7) is 6.45. The molecule has 1 aromatic heterocycles. The molecular formula is C8H16N4. The van der Waals surface area contributed by atoms with Gasteiger partial charge < -0.3 is 11.5 Å². The van der Waals surface area contributed by atoms with Crippen molar-refractivity contribution in [2.75, 3.05) is 5.73 Å². The van der Waals surface area contributed by atoms with E-state index < -0.39 is 0 Å². The Hall–Kier alpha value is -1.03. The maximum Gasteiger partial charge on any atom is 0.121 e. The van der Waals surface area contributed by atoms with Crippen molar-refractivity contribution in [2.24, 2.45) is 5.73 Å². The first kappa shape index (κ1) is 9.06. The van der Waals surface area contributed by atoms with Gasteiger partial charge in [0, 0.05) is 11.6 Å². The molecule has 0 aromatic carbocycles. The molecule has 12 heavy (non-hydrogen) atoms. The summed E-state index contributed by atoms with van der Waals surface area (Å²) in [6.07, 6.45) is 0. The van der Waals surface area contributed by atoms with Crippen molar-refractivity contribution < 1.29 is 0 Å². The highest BCUT2D eigenvalue weighted by molar-refractivity contribution is 5.30. The SMILES string of the molecule is Cc1cc(N)n(CC(C)(C)N)n1. The van der Waals surface area contributed by atoms with E-state index >= 15 is 0 Å². The number of nitrogens with two attached hydrogens (primary N) is 2. The fraction of sp³-hybridized carbons (Fsp3) is 0.625. The van der Waals surface area contributed by atoms with Crippen LogP contribution in [0, 0.1) is 6.92 Å². The van der Waals surface area contributed by atoms with Crippen molar-refractivity contribution >= 4 is 5.82 Å². The van der Waals surface area contributed by atoms with Gasteiger partial charge >= 0.3 is 0 Å². The van der Waals surface area contributed by atoms with Gasteiger partial charge in [0.2, 0.25) is 0 Å². The van der Waals surface area contributed by atoms with Crippen molar-refractivity contribution in [1.29, 1.82) is 0 Å². The predicted octanol–water partition coefficient (Wildman–Crippen LogP) is 0.511. The van der Waals surface area contributed by atoms with Crippen LogP contribution in [0.5, 0.6) is 0 Å². The first-order valence-electron chi connectivity index (χ1n) is 3.97. The smallest absolute Gasteiger partial charge is 0.121 e. The zero-order valence-electron chi connectivity index (χ0n) is 7.83. The number of hydrogen-bond donors (Lipinski definition) is 2. The van der Waals surface area contributed by atoms with E-state index in [9.17, 15) is 0 Å². The van der Waals surface area contributed by atoms with Gasteiger partial charge in [0.1, 0.15) is 5.82 Å².